The van der Waals surface area contributed by atoms with Gasteiger partial charge in [0.25, 0.3) is 0 Å². The zero-order chi connectivity index (χ0) is 24.5. The summed E-state index contributed by atoms with van der Waals surface area (Å²) in [5.74, 6) is 1.14. The molecule has 1 N–H and O–H groups in total. The van der Waals surface area contributed by atoms with Gasteiger partial charge in [-0.15, -0.1) is 0 Å². The first-order chi connectivity index (χ1) is 15.9. The van der Waals surface area contributed by atoms with E-state index in [1.807, 2.05) is 19.1 Å². The highest BCUT2D eigenvalue weighted by atomic mass is 32.2. The zero-order valence-corrected chi connectivity index (χ0v) is 22.6. The first kappa shape index (κ1) is 24.1. The summed E-state index contributed by atoms with van der Waals surface area (Å²) in [6, 6.07) is 14.1. The van der Waals surface area contributed by atoms with Crippen molar-refractivity contribution in [3.63, 3.8) is 0 Å². The molecule has 0 aromatic heterocycles. The summed E-state index contributed by atoms with van der Waals surface area (Å²) >= 11 is 0. The average Bonchev–Trinajstić information content (AvgIpc) is 2.76. The van der Waals surface area contributed by atoms with E-state index in [1.165, 1.54) is 24.8 Å². The molecule has 0 unspecified atom stereocenters. The Labute approximate surface area is 206 Å². The average molecular weight is 480 g/mol. The second kappa shape index (κ2) is 7.93. The maximum Gasteiger partial charge on any atom is 0.240 e. The van der Waals surface area contributed by atoms with Crippen LogP contribution in [0.2, 0.25) is 0 Å². The summed E-state index contributed by atoms with van der Waals surface area (Å²) in [6.45, 7) is 14.0. The molecule has 3 aliphatic carbocycles. The van der Waals surface area contributed by atoms with E-state index in [-0.39, 0.29) is 22.3 Å². The largest absolute Gasteiger partial charge is 0.240 e. The molecule has 2 aromatic rings. The molecular formula is C30H41NO2S. The zero-order valence-electron chi connectivity index (χ0n) is 21.7. The van der Waals surface area contributed by atoms with Crippen molar-refractivity contribution < 1.29 is 8.42 Å². The number of rotatable bonds is 3. The normalized spacial score (nSPS) is 34.6. The highest BCUT2D eigenvalue weighted by Crippen LogP contribution is 2.67. The summed E-state index contributed by atoms with van der Waals surface area (Å²) in [6.07, 6.45) is 6.76. The fourth-order valence-electron chi connectivity index (χ4n) is 8.57. The van der Waals surface area contributed by atoms with Crippen LogP contribution in [0.15, 0.2) is 47.4 Å². The molecule has 2 saturated carbocycles. The molecule has 0 bridgehead atoms. The van der Waals surface area contributed by atoms with Gasteiger partial charge in [0.2, 0.25) is 10.0 Å². The Bertz CT molecular complexity index is 1200. The standard InChI is InChI=1S/C30H41NO2S/c1-20-10-12-22(13-11-20)34(32,33)31-27-17-19-30(6)25(28(27,3)4)16-18-29(5)24-9-7-8-21(2)23(24)14-15-26(29)30/h7-13,25-27,31H,14-19H2,1-6H3/t25-,26-,27-,29-,30-/m0/s1. The van der Waals surface area contributed by atoms with Crippen molar-refractivity contribution in [2.45, 2.75) is 96.4 Å². The van der Waals surface area contributed by atoms with Crippen molar-refractivity contribution in [2.75, 3.05) is 0 Å². The van der Waals surface area contributed by atoms with Crippen LogP contribution in [0, 0.1) is 36.5 Å². The molecule has 0 heterocycles. The van der Waals surface area contributed by atoms with Gasteiger partial charge in [0, 0.05) is 6.04 Å². The number of sulfonamides is 1. The van der Waals surface area contributed by atoms with Gasteiger partial charge >= 0.3 is 0 Å². The molecule has 4 heteroatoms. The lowest BCUT2D eigenvalue weighted by molar-refractivity contribution is -0.120. The van der Waals surface area contributed by atoms with Crippen molar-refractivity contribution in [1.29, 1.82) is 0 Å². The minimum Gasteiger partial charge on any atom is -0.208 e. The van der Waals surface area contributed by atoms with Crippen LogP contribution in [0.1, 0.15) is 82.1 Å². The van der Waals surface area contributed by atoms with Gasteiger partial charge in [-0.25, -0.2) is 13.1 Å². The summed E-state index contributed by atoms with van der Waals surface area (Å²) in [7, 11) is -3.54. The lowest BCUT2D eigenvalue weighted by Crippen LogP contribution is -2.63. The third-order valence-corrected chi connectivity index (χ3v) is 11.9. The first-order valence-electron chi connectivity index (χ1n) is 13.1. The minimum absolute atomic E-state index is 0.0423. The number of hydrogen-bond donors (Lipinski definition) is 1. The second-order valence-electron chi connectivity index (χ2n) is 12.6. The third-order valence-electron chi connectivity index (χ3n) is 10.4. The van der Waals surface area contributed by atoms with Gasteiger partial charge in [-0.2, -0.15) is 0 Å². The monoisotopic (exact) mass is 479 g/mol. The predicted molar refractivity (Wildman–Crippen MR) is 139 cm³/mol. The molecule has 2 fully saturated rings. The Kier molecular flexibility index (Phi) is 5.61. The molecule has 2 aromatic carbocycles. The number of fused-ring (bicyclic) bond motifs is 5. The van der Waals surface area contributed by atoms with Gasteiger partial charge in [-0.05, 0) is 109 Å². The Hall–Kier alpha value is -1.65. The highest BCUT2D eigenvalue weighted by Gasteiger charge is 2.61. The topological polar surface area (TPSA) is 46.2 Å². The van der Waals surface area contributed by atoms with Gasteiger partial charge in [0.1, 0.15) is 0 Å². The lowest BCUT2D eigenvalue weighted by atomic mass is 9.40. The van der Waals surface area contributed by atoms with E-state index in [1.54, 1.807) is 23.3 Å². The Morgan fingerprint density at radius 3 is 2.26 bits per heavy atom. The lowest BCUT2D eigenvalue weighted by Gasteiger charge is -2.65. The Morgan fingerprint density at radius 1 is 0.853 bits per heavy atom. The molecule has 5 atom stereocenters. The van der Waals surface area contributed by atoms with E-state index in [4.69, 9.17) is 0 Å². The van der Waals surface area contributed by atoms with Crippen LogP contribution in [0.5, 0.6) is 0 Å². The minimum atomic E-state index is -3.54. The molecule has 0 aliphatic heterocycles. The van der Waals surface area contributed by atoms with E-state index in [0.717, 1.165) is 24.8 Å². The summed E-state index contributed by atoms with van der Waals surface area (Å²) in [5, 5.41) is 0. The third kappa shape index (κ3) is 3.51. The molecule has 0 amide bonds. The van der Waals surface area contributed by atoms with Crippen LogP contribution < -0.4 is 4.72 Å². The van der Waals surface area contributed by atoms with Gasteiger partial charge in [0.15, 0.2) is 0 Å². The molecule has 5 rings (SSSR count). The first-order valence-corrected chi connectivity index (χ1v) is 14.6. The molecule has 0 saturated heterocycles. The van der Waals surface area contributed by atoms with Crippen molar-refractivity contribution in [3.05, 3.63) is 64.7 Å². The van der Waals surface area contributed by atoms with Gasteiger partial charge in [-0.3, -0.25) is 0 Å². The summed E-state index contributed by atoms with van der Waals surface area (Å²) in [4.78, 5) is 0.373. The van der Waals surface area contributed by atoms with Crippen LogP contribution in [-0.2, 0) is 21.9 Å². The van der Waals surface area contributed by atoms with Crippen molar-refractivity contribution in [2.24, 2.45) is 22.7 Å². The number of nitrogens with one attached hydrogen (secondary N) is 1. The van der Waals surface area contributed by atoms with Crippen LogP contribution in [0.25, 0.3) is 0 Å². The van der Waals surface area contributed by atoms with Gasteiger partial charge < -0.3 is 0 Å². The molecule has 184 valence electrons. The molecule has 0 spiro atoms. The Morgan fingerprint density at radius 2 is 1.56 bits per heavy atom. The van der Waals surface area contributed by atoms with Crippen LogP contribution in [0.3, 0.4) is 0 Å². The van der Waals surface area contributed by atoms with Crippen LogP contribution >= 0.6 is 0 Å². The van der Waals surface area contributed by atoms with Gasteiger partial charge in [-0.1, -0.05) is 63.6 Å². The molecular weight excluding hydrogens is 438 g/mol. The van der Waals surface area contributed by atoms with Crippen LogP contribution in [-0.4, -0.2) is 14.5 Å². The predicted octanol–water partition coefficient (Wildman–Crippen LogP) is 6.71. The highest BCUT2D eigenvalue weighted by molar-refractivity contribution is 7.89. The van der Waals surface area contributed by atoms with E-state index < -0.39 is 10.0 Å². The quantitative estimate of drug-likeness (QED) is 0.532. The van der Waals surface area contributed by atoms with Crippen LogP contribution in [0.4, 0.5) is 0 Å². The van der Waals surface area contributed by atoms with Crippen molar-refractivity contribution in [3.8, 4) is 0 Å². The molecule has 0 radical (unpaired) electrons. The van der Waals surface area contributed by atoms with E-state index in [9.17, 15) is 8.42 Å². The molecule has 3 nitrogen and oxygen atoms in total. The second-order valence-corrected chi connectivity index (χ2v) is 14.3. The summed E-state index contributed by atoms with van der Waals surface area (Å²) < 4.78 is 29.7. The van der Waals surface area contributed by atoms with Crippen molar-refractivity contribution in [1.82, 2.24) is 4.72 Å². The Balaban J connectivity index is 1.45. The number of hydrogen-bond acceptors (Lipinski definition) is 2. The molecule has 3 aliphatic rings. The van der Waals surface area contributed by atoms with Gasteiger partial charge in [0.05, 0.1) is 4.90 Å². The number of aryl methyl sites for hydroxylation is 2. The number of benzene rings is 2. The maximum absolute atomic E-state index is 13.3. The molecule has 34 heavy (non-hydrogen) atoms. The summed E-state index contributed by atoms with van der Waals surface area (Å²) in [5.41, 5.74) is 6.03. The smallest absolute Gasteiger partial charge is 0.208 e. The SMILES string of the molecule is Cc1ccc(S(=O)(=O)N[C@H]2CC[C@]3(C)[C@H]4CCc5c(C)cccc5[C@]4(C)CC[C@H]3C2(C)C)cc1. The van der Waals surface area contributed by atoms with E-state index in [2.05, 4.69) is 57.5 Å². The van der Waals surface area contributed by atoms with Crippen molar-refractivity contribution >= 4 is 10.0 Å². The van der Waals surface area contributed by atoms with E-state index >= 15 is 0 Å². The fourth-order valence-corrected chi connectivity index (χ4v) is 10.00. The fraction of sp³-hybridized carbons (Fsp3) is 0.600. The van der Waals surface area contributed by atoms with E-state index in [0.29, 0.717) is 16.7 Å². The maximum atomic E-state index is 13.3.